The van der Waals surface area contributed by atoms with Crippen LogP contribution in [0.2, 0.25) is 0 Å². The van der Waals surface area contributed by atoms with Gasteiger partial charge in [0.2, 0.25) is 5.91 Å². The average molecular weight is 341 g/mol. The third-order valence-corrected chi connectivity index (χ3v) is 5.28. The van der Waals surface area contributed by atoms with Crippen molar-refractivity contribution in [1.29, 1.82) is 0 Å². The molecule has 3 heterocycles. The van der Waals surface area contributed by atoms with Gasteiger partial charge in [-0.25, -0.2) is 4.98 Å². The predicted molar refractivity (Wildman–Crippen MR) is 94.8 cm³/mol. The second-order valence-electron chi connectivity index (χ2n) is 5.97. The second kappa shape index (κ2) is 6.75. The minimum atomic E-state index is -0.0718. The zero-order chi connectivity index (χ0) is 16.4. The van der Waals surface area contributed by atoms with Crippen LogP contribution in [0, 0.1) is 0 Å². The van der Waals surface area contributed by atoms with Crippen LogP contribution in [0.4, 0.5) is 0 Å². The molecule has 0 bridgehead atoms. The van der Waals surface area contributed by atoms with Gasteiger partial charge in [-0.05, 0) is 43.7 Å². The summed E-state index contributed by atoms with van der Waals surface area (Å²) in [6, 6.07) is 11.8. The Bertz CT molecular complexity index is 816. The number of piperidine rings is 1. The van der Waals surface area contributed by atoms with E-state index in [2.05, 4.69) is 21.7 Å². The SMILES string of the molecule is O=C(NCc1ccc(-c2nc3ccccc3s2)o1)C1CCCCN1. The van der Waals surface area contributed by atoms with E-state index in [1.54, 1.807) is 11.3 Å². The van der Waals surface area contributed by atoms with Gasteiger partial charge in [0.1, 0.15) is 5.76 Å². The number of hydrogen-bond acceptors (Lipinski definition) is 5. The molecule has 0 radical (unpaired) electrons. The Balaban J connectivity index is 1.42. The van der Waals surface area contributed by atoms with Crippen LogP contribution in [0.15, 0.2) is 40.8 Å². The van der Waals surface area contributed by atoms with Crippen molar-refractivity contribution < 1.29 is 9.21 Å². The summed E-state index contributed by atoms with van der Waals surface area (Å²) >= 11 is 1.61. The third-order valence-electron chi connectivity index (χ3n) is 4.23. The number of hydrogen-bond donors (Lipinski definition) is 2. The highest BCUT2D eigenvalue weighted by Gasteiger charge is 2.20. The van der Waals surface area contributed by atoms with E-state index in [9.17, 15) is 4.79 Å². The van der Waals surface area contributed by atoms with Crippen molar-refractivity contribution in [3.63, 3.8) is 0 Å². The maximum Gasteiger partial charge on any atom is 0.237 e. The van der Waals surface area contributed by atoms with Crippen molar-refractivity contribution in [2.45, 2.75) is 31.8 Å². The Kier molecular flexibility index (Phi) is 4.32. The normalized spacial score (nSPS) is 17.9. The smallest absolute Gasteiger partial charge is 0.237 e. The number of benzene rings is 1. The Labute approximate surface area is 144 Å². The topological polar surface area (TPSA) is 67.2 Å². The molecule has 2 N–H and O–H groups in total. The number of carbonyl (C=O) groups excluding carboxylic acids is 1. The number of nitrogens with zero attached hydrogens (tertiary/aromatic N) is 1. The molecule has 1 saturated heterocycles. The summed E-state index contributed by atoms with van der Waals surface area (Å²) in [5, 5.41) is 7.06. The molecular formula is C18H19N3O2S. The zero-order valence-corrected chi connectivity index (χ0v) is 14.1. The van der Waals surface area contributed by atoms with E-state index in [-0.39, 0.29) is 11.9 Å². The summed E-state index contributed by atoms with van der Waals surface area (Å²) in [5.41, 5.74) is 0.979. The van der Waals surface area contributed by atoms with Crippen molar-refractivity contribution in [2.24, 2.45) is 0 Å². The number of amides is 1. The van der Waals surface area contributed by atoms with E-state index in [1.165, 1.54) is 0 Å². The van der Waals surface area contributed by atoms with Gasteiger partial charge >= 0.3 is 0 Å². The molecule has 2 aromatic heterocycles. The van der Waals surface area contributed by atoms with Gasteiger partial charge in [0, 0.05) is 0 Å². The van der Waals surface area contributed by atoms with Crippen LogP contribution in [0.3, 0.4) is 0 Å². The van der Waals surface area contributed by atoms with Gasteiger partial charge in [0.25, 0.3) is 0 Å². The highest BCUT2D eigenvalue weighted by atomic mass is 32.1. The number of para-hydroxylation sites is 1. The zero-order valence-electron chi connectivity index (χ0n) is 13.2. The van der Waals surface area contributed by atoms with Crippen molar-refractivity contribution in [1.82, 2.24) is 15.6 Å². The summed E-state index contributed by atoms with van der Waals surface area (Å²) in [6.07, 6.45) is 3.15. The van der Waals surface area contributed by atoms with Crippen LogP contribution in [0.25, 0.3) is 21.0 Å². The van der Waals surface area contributed by atoms with Crippen LogP contribution in [0.5, 0.6) is 0 Å². The fourth-order valence-corrected chi connectivity index (χ4v) is 3.87. The van der Waals surface area contributed by atoms with E-state index in [1.807, 2.05) is 30.3 Å². The van der Waals surface area contributed by atoms with Crippen LogP contribution in [0.1, 0.15) is 25.0 Å². The largest absolute Gasteiger partial charge is 0.457 e. The van der Waals surface area contributed by atoms with Crippen molar-refractivity contribution in [3.05, 3.63) is 42.2 Å². The molecule has 5 nitrogen and oxygen atoms in total. The van der Waals surface area contributed by atoms with Gasteiger partial charge in [-0.2, -0.15) is 0 Å². The van der Waals surface area contributed by atoms with E-state index < -0.39 is 0 Å². The van der Waals surface area contributed by atoms with Gasteiger partial charge in [-0.15, -0.1) is 11.3 Å². The Morgan fingerprint density at radius 3 is 3.04 bits per heavy atom. The Morgan fingerprint density at radius 2 is 2.21 bits per heavy atom. The minimum Gasteiger partial charge on any atom is -0.457 e. The number of nitrogens with one attached hydrogen (secondary N) is 2. The summed E-state index contributed by atoms with van der Waals surface area (Å²) in [6.45, 7) is 1.32. The molecule has 1 aliphatic rings. The van der Waals surface area contributed by atoms with Crippen molar-refractivity contribution in [2.75, 3.05) is 6.54 Å². The first kappa shape index (κ1) is 15.4. The molecule has 1 aromatic carbocycles. The van der Waals surface area contributed by atoms with Crippen LogP contribution in [-0.2, 0) is 11.3 Å². The number of rotatable bonds is 4. The van der Waals surface area contributed by atoms with E-state index in [0.29, 0.717) is 6.54 Å². The van der Waals surface area contributed by atoms with Gasteiger partial charge in [0.15, 0.2) is 10.8 Å². The van der Waals surface area contributed by atoms with Crippen molar-refractivity contribution >= 4 is 27.5 Å². The molecule has 0 aliphatic carbocycles. The van der Waals surface area contributed by atoms with E-state index in [0.717, 1.165) is 52.6 Å². The lowest BCUT2D eigenvalue weighted by Gasteiger charge is -2.22. The number of carbonyl (C=O) groups is 1. The summed E-state index contributed by atoms with van der Waals surface area (Å²) in [7, 11) is 0. The maximum absolute atomic E-state index is 12.1. The molecule has 1 fully saturated rings. The van der Waals surface area contributed by atoms with Gasteiger partial charge in [-0.1, -0.05) is 18.6 Å². The van der Waals surface area contributed by atoms with E-state index >= 15 is 0 Å². The first-order valence-corrected chi connectivity index (χ1v) is 9.07. The molecule has 124 valence electrons. The average Bonchev–Trinajstić information content (AvgIpc) is 3.27. The quantitative estimate of drug-likeness (QED) is 0.764. The molecule has 4 rings (SSSR count). The molecule has 1 aliphatic heterocycles. The number of aromatic nitrogens is 1. The minimum absolute atomic E-state index is 0.0487. The van der Waals surface area contributed by atoms with Crippen molar-refractivity contribution in [3.8, 4) is 10.8 Å². The highest BCUT2D eigenvalue weighted by molar-refractivity contribution is 7.21. The lowest BCUT2D eigenvalue weighted by molar-refractivity contribution is -0.123. The number of fused-ring (bicyclic) bond motifs is 1. The first-order valence-electron chi connectivity index (χ1n) is 8.25. The maximum atomic E-state index is 12.1. The number of thiazole rings is 1. The Hall–Kier alpha value is -2.18. The third kappa shape index (κ3) is 3.20. The fourth-order valence-electron chi connectivity index (χ4n) is 2.94. The van der Waals surface area contributed by atoms with Gasteiger partial charge in [0.05, 0.1) is 22.8 Å². The summed E-state index contributed by atoms with van der Waals surface area (Å²) in [4.78, 5) is 16.7. The summed E-state index contributed by atoms with van der Waals surface area (Å²) < 4.78 is 6.99. The monoisotopic (exact) mass is 341 g/mol. The molecule has 1 unspecified atom stereocenters. The van der Waals surface area contributed by atoms with Gasteiger partial charge < -0.3 is 15.1 Å². The lowest BCUT2D eigenvalue weighted by Crippen LogP contribution is -2.46. The fraction of sp³-hybridized carbons (Fsp3) is 0.333. The van der Waals surface area contributed by atoms with Crippen LogP contribution in [-0.4, -0.2) is 23.5 Å². The van der Waals surface area contributed by atoms with Gasteiger partial charge in [-0.3, -0.25) is 4.79 Å². The predicted octanol–water partition coefficient (Wildman–Crippen LogP) is 3.31. The first-order chi connectivity index (χ1) is 11.8. The molecule has 0 spiro atoms. The summed E-state index contributed by atoms with van der Waals surface area (Å²) in [5.74, 6) is 1.54. The molecule has 0 saturated carbocycles. The molecular weight excluding hydrogens is 322 g/mol. The van der Waals surface area contributed by atoms with Crippen LogP contribution < -0.4 is 10.6 Å². The molecule has 6 heteroatoms. The second-order valence-corrected chi connectivity index (χ2v) is 7.00. The molecule has 1 atom stereocenters. The molecule has 24 heavy (non-hydrogen) atoms. The standard InChI is InChI=1S/C18H19N3O2S/c22-17(14-6-3-4-10-19-14)20-11-12-8-9-15(23-12)18-21-13-5-1-2-7-16(13)24-18/h1-2,5,7-9,14,19H,3-4,6,10-11H2,(H,20,22). The molecule has 1 amide bonds. The number of furan rings is 1. The Morgan fingerprint density at radius 1 is 1.29 bits per heavy atom. The van der Waals surface area contributed by atoms with Crippen LogP contribution >= 0.6 is 11.3 Å². The molecule has 3 aromatic rings. The lowest BCUT2D eigenvalue weighted by atomic mass is 10.0. The van der Waals surface area contributed by atoms with E-state index in [4.69, 9.17) is 4.42 Å². The highest BCUT2D eigenvalue weighted by Crippen LogP contribution is 2.31.